The fourth-order valence-electron chi connectivity index (χ4n) is 2.66. The van der Waals surface area contributed by atoms with Crippen LogP contribution in [0.4, 0.5) is 5.69 Å². The summed E-state index contributed by atoms with van der Waals surface area (Å²) < 4.78 is 0. The molecule has 0 aliphatic carbocycles. The maximum absolute atomic E-state index is 12.3. The van der Waals surface area contributed by atoms with Gasteiger partial charge in [0.2, 0.25) is 5.91 Å². The van der Waals surface area contributed by atoms with Crippen LogP contribution in [-0.2, 0) is 11.2 Å². The van der Waals surface area contributed by atoms with Crippen LogP contribution in [0.25, 0.3) is 11.3 Å². The summed E-state index contributed by atoms with van der Waals surface area (Å²) in [6, 6.07) is 14.2. The maximum Gasteiger partial charge on any atom is 0.231 e. The molecule has 0 bridgehead atoms. The van der Waals surface area contributed by atoms with Crippen LogP contribution in [0.3, 0.4) is 0 Å². The number of nitrogens with zero attached hydrogens (tertiary/aromatic N) is 1. The summed E-state index contributed by atoms with van der Waals surface area (Å²) in [5.41, 5.74) is 6.61. The Labute approximate surface area is 152 Å². The maximum atomic E-state index is 12.3. The van der Waals surface area contributed by atoms with Crippen molar-refractivity contribution in [1.82, 2.24) is 4.98 Å². The highest BCUT2D eigenvalue weighted by molar-refractivity contribution is 7.12. The van der Waals surface area contributed by atoms with Gasteiger partial charge in [-0.15, -0.1) is 11.3 Å². The van der Waals surface area contributed by atoms with Crippen LogP contribution in [0, 0.1) is 27.7 Å². The zero-order valence-electron chi connectivity index (χ0n) is 15.0. The molecule has 0 atom stereocenters. The van der Waals surface area contributed by atoms with E-state index >= 15 is 0 Å². The van der Waals surface area contributed by atoms with Gasteiger partial charge in [-0.1, -0.05) is 29.8 Å². The fourth-order valence-corrected chi connectivity index (χ4v) is 3.62. The summed E-state index contributed by atoms with van der Waals surface area (Å²) in [6.07, 6.45) is 0.296. The second-order valence-corrected chi connectivity index (χ2v) is 7.69. The normalized spacial score (nSPS) is 10.7. The highest BCUT2D eigenvalue weighted by Crippen LogP contribution is 2.29. The van der Waals surface area contributed by atoms with Crippen LogP contribution in [0.15, 0.2) is 42.5 Å². The summed E-state index contributed by atoms with van der Waals surface area (Å²) in [5, 5.41) is 3.77. The molecule has 1 heterocycles. The molecular weight excluding hydrogens is 328 g/mol. The number of carbonyl (C=O) groups is 1. The molecule has 4 heteroatoms. The monoisotopic (exact) mass is 350 g/mol. The Morgan fingerprint density at radius 1 is 1.00 bits per heavy atom. The van der Waals surface area contributed by atoms with Crippen molar-refractivity contribution in [3.8, 4) is 11.3 Å². The second-order valence-electron chi connectivity index (χ2n) is 6.40. The van der Waals surface area contributed by atoms with Gasteiger partial charge in [0.15, 0.2) is 0 Å². The molecule has 0 fully saturated rings. The molecule has 1 N–H and O–H groups in total. The SMILES string of the molecule is Cc1ccc(NC(=O)Cc2nc(-c3ccc(C)c(C)c3)c(C)s2)cc1. The highest BCUT2D eigenvalue weighted by Gasteiger charge is 2.13. The standard InChI is InChI=1S/C21H22N2OS/c1-13-5-9-18(10-6-13)22-19(24)12-20-23-21(16(4)25-20)17-8-7-14(2)15(3)11-17/h5-11H,12H2,1-4H3,(H,22,24). The smallest absolute Gasteiger partial charge is 0.231 e. The minimum absolute atomic E-state index is 0.0377. The first-order chi connectivity index (χ1) is 11.9. The Hall–Kier alpha value is -2.46. The number of hydrogen-bond acceptors (Lipinski definition) is 3. The molecule has 0 spiro atoms. The first kappa shape index (κ1) is 17.4. The number of rotatable bonds is 4. The molecule has 0 saturated carbocycles. The number of aromatic nitrogens is 1. The van der Waals surface area contributed by atoms with Crippen molar-refractivity contribution >= 4 is 22.9 Å². The summed E-state index contributed by atoms with van der Waals surface area (Å²) in [7, 11) is 0. The highest BCUT2D eigenvalue weighted by atomic mass is 32.1. The first-order valence-electron chi connectivity index (χ1n) is 8.33. The van der Waals surface area contributed by atoms with E-state index in [2.05, 4.69) is 44.3 Å². The lowest BCUT2D eigenvalue weighted by atomic mass is 10.0. The number of thiazole rings is 1. The zero-order valence-corrected chi connectivity index (χ0v) is 15.8. The van der Waals surface area contributed by atoms with Crippen molar-refractivity contribution in [1.29, 1.82) is 0 Å². The Balaban J connectivity index is 1.74. The average Bonchev–Trinajstić information content (AvgIpc) is 2.92. The quantitative estimate of drug-likeness (QED) is 0.700. The molecule has 0 unspecified atom stereocenters. The van der Waals surface area contributed by atoms with E-state index < -0.39 is 0 Å². The molecule has 3 aromatic rings. The van der Waals surface area contributed by atoms with Crippen LogP contribution in [0.1, 0.15) is 26.6 Å². The molecular formula is C21H22N2OS. The number of aryl methyl sites for hydroxylation is 4. The lowest BCUT2D eigenvalue weighted by Crippen LogP contribution is -2.14. The number of hydrogen-bond donors (Lipinski definition) is 1. The van der Waals surface area contributed by atoms with E-state index in [1.165, 1.54) is 16.7 Å². The van der Waals surface area contributed by atoms with Gasteiger partial charge in [-0.25, -0.2) is 4.98 Å². The third-order valence-electron chi connectivity index (χ3n) is 4.27. The van der Waals surface area contributed by atoms with Gasteiger partial charge < -0.3 is 5.32 Å². The van der Waals surface area contributed by atoms with Crippen LogP contribution in [0.2, 0.25) is 0 Å². The van der Waals surface area contributed by atoms with Gasteiger partial charge in [0.25, 0.3) is 0 Å². The minimum atomic E-state index is -0.0377. The lowest BCUT2D eigenvalue weighted by molar-refractivity contribution is -0.115. The van der Waals surface area contributed by atoms with Crippen molar-refractivity contribution < 1.29 is 4.79 Å². The summed E-state index contributed by atoms with van der Waals surface area (Å²) in [5.74, 6) is -0.0377. The number of nitrogens with one attached hydrogen (secondary N) is 1. The topological polar surface area (TPSA) is 42.0 Å². The predicted octanol–water partition coefficient (Wildman–Crippen LogP) is 5.22. The van der Waals surface area contributed by atoms with Crippen molar-refractivity contribution in [2.45, 2.75) is 34.1 Å². The minimum Gasteiger partial charge on any atom is -0.326 e. The van der Waals surface area contributed by atoms with Gasteiger partial charge in [-0.2, -0.15) is 0 Å². The summed E-state index contributed by atoms with van der Waals surface area (Å²) in [4.78, 5) is 18.1. The third-order valence-corrected chi connectivity index (χ3v) is 5.24. The van der Waals surface area contributed by atoms with Gasteiger partial charge >= 0.3 is 0 Å². The van der Waals surface area contributed by atoms with E-state index in [-0.39, 0.29) is 5.91 Å². The number of benzene rings is 2. The molecule has 0 radical (unpaired) electrons. The molecule has 3 rings (SSSR count). The molecule has 128 valence electrons. The van der Waals surface area contributed by atoms with Crippen LogP contribution >= 0.6 is 11.3 Å². The van der Waals surface area contributed by atoms with E-state index in [9.17, 15) is 4.79 Å². The Morgan fingerprint density at radius 3 is 2.40 bits per heavy atom. The van der Waals surface area contributed by atoms with Crippen molar-refractivity contribution in [2.75, 3.05) is 5.32 Å². The van der Waals surface area contributed by atoms with Gasteiger partial charge in [0, 0.05) is 16.1 Å². The molecule has 0 aliphatic heterocycles. The van der Waals surface area contributed by atoms with Crippen LogP contribution < -0.4 is 5.32 Å². The molecule has 1 amide bonds. The largest absolute Gasteiger partial charge is 0.326 e. The third kappa shape index (κ3) is 4.15. The van der Waals surface area contributed by atoms with Gasteiger partial charge in [0.1, 0.15) is 5.01 Å². The zero-order chi connectivity index (χ0) is 18.0. The van der Waals surface area contributed by atoms with Gasteiger partial charge in [0.05, 0.1) is 12.1 Å². The van der Waals surface area contributed by atoms with E-state index in [1.807, 2.05) is 31.2 Å². The van der Waals surface area contributed by atoms with Crippen LogP contribution in [-0.4, -0.2) is 10.9 Å². The molecule has 0 aliphatic rings. The van der Waals surface area contributed by atoms with Crippen LogP contribution in [0.5, 0.6) is 0 Å². The molecule has 1 aromatic heterocycles. The Bertz CT molecular complexity index is 910. The van der Waals surface area contributed by atoms with Gasteiger partial charge in [-0.3, -0.25) is 4.79 Å². The van der Waals surface area contributed by atoms with E-state index in [1.54, 1.807) is 11.3 Å². The summed E-state index contributed by atoms with van der Waals surface area (Å²) in [6.45, 7) is 8.30. The summed E-state index contributed by atoms with van der Waals surface area (Å²) >= 11 is 1.59. The average molecular weight is 350 g/mol. The van der Waals surface area contributed by atoms with E-state index in [0.717, 1.165) is 26.8 Å². The van der Waals surface area contributed by atoms with Gasteiger partial charge in [-0.05, 0) is 57.0 Å². The van der Waals surface area contributed by atoms with E-state index in [0.29, 0.717) is 6.42 Å². The predicted molar refractivity (Wildman–Crippen MR) is 105 cm³/mol. The first-order valence-corrected chi connectivity index (χ1v) is 9.14. The van der Waals surface area contributed by atoms with Crippen molar-refractivity contribution in [2.24, 2.45) is 0 Å². The second kappa shape index (κ2) is 7.19. The molecule has 0 saturated heterocycles. The van der Waals surface area contributed by atoms with Crippen molar-refractivity contribution in [3.63, 3.8) is 0 Å². The Morgan fingerprint density at radius 2 is 1.72 bits per heavy atom. The van der Waals surface area contributed by atoms with E-state index in [4.69, 9.17) is 4.98 Å². The molecule has 3 nitrogen and oxygen atoms in total. The fraction of sp³-hybridized carbons (Fsp3) is 0.238. The number of carbonyl (C=O) groups excluding carboxylic acids is 1. The molecule has 2 aromatic carbocycles. The lowest BCUT2D eigenvalue weighted by Gasteiger charge is -2.04. The Kier molecular flexibility index (Phi) is 5.00. The molecule has 25 heavy (non-hydrogen) atoms. The van der Waals surface area contributed by atoms with Crippen molar-refractivity contribution in [3.05, 3.63) is 69.0 Å². The number of anilines is 1. The number of amides is 1.